The van der Waals surface area contributed by atoms with E-state index in [2.05, 4.69) is 11.4 Å². The van der Waals surface area contributed by atoms with Crippen LogP contribution in [0.4, 0.5) is 0 Å². The Morgan fingerprint density at radius 2 is 1.89 bits per heavy atom. The predicted octanol–water partition coefficient (Wildman–Crippen LogP) is 2.67. The average molecular weight is 272 g/mol. The third-order valence-corrected chi connectivity index (χ3v) is 3.46. The third kappa shape index (κ3) is 3.79. The van der Waals surface area contributed by atoms with Crippen LogP contribution in [0.3, 0.4) is 0 Å². The third-order valence-electron chi connectivity index (χ3n) is 3.46. The fourth-order valence-corrected chi connectivity index (χ4v) is 2.42. The summed E-state index contributed by atoms with van der Waals surface area (Å²) in [6, 6.07) is 6.11. The molecule has 18 heavy (non-hydrogen) atoms. The Hall–Kier alpha value is -0.930. The highest BCUT2D eigenvalue weighted by Gasteiger charge is 2.15. The van der Waals surface area contributed by atoms with Crippen LogP contribution >= 0.6 is 12.4 Å². The first-order chi connectivity index (χ1) is 8.33. The highest BCUT2D eigenvalue weighted by molar-refractivity contribution is 5.85. The van der Waals surface area contributed by atoms with Crippen LogP contribution in [0.5, 0.6) is 11.5 Å². The average Bonchev–Trinajstić information content (AvgIpc) is 2.40. The first-order valence-corrected chi connectivity index (χ1v) is 6.25. The summed E-state index contributed by atoms with van der Waals surface area (Å²) in [5.74, 6) is 2.58. The summed E-state index contributed by atoms with van der Waals surface area (Å²) in [6.45, 7) is 2.28. The molecular weight excluding hydrogens is 250 g/mol. The van der Waals surface area contributed by atoms with Gasteiger partial charge in [-0.2, -0.15) is 0 Å². The Labute approximate surface area is 115 Å². The molecule has 1 aromatic rings. The van der Waals surface area contributed by atoms with Gasteiger partial charge in [0.1, 0.15) is 11.5 Å². The SMILES string of the molecule is COc1ccc(CC2CCNCC2)c(OC)c1.Cl. The molecule has 0 amide bonds. The molecule has 0 bridgehead atoms. The molecule has 1 fully saturated rings. The van der Waals surface area contributed by atoms with E-state index in [1.807, 2.05) is 12.1 Å². The van der Waals surface area contributed by atoms with Crippen molar-refractivity contribution in [2.24, 2.45) is 5.92 Å². The van der Waals surface area contributed by atoms with Crippen molar-refractivity contribution < 1.29 is 9.47 Å². The lowest BCUT2D eigenvalue weighted by Crippen LogP contribution is -2.28. The van der Waals surface area contributed by atoms with Gasteiger partial charge in [-0.3, -0.25) is 0 Å². The van der Waals surface area contributed by atoms with Crippen molar-refractivity contribution >= 4 is 12.4 Å². The summed E-state index contributed by atoms with van der Waals surface area (Å²) in [6.07, 6.45) is 3.62. The summed E-state index contributed by atoms with van der Waals surface area (Å²) >= 11 is 0. The van der Waals surface area contributed by atoms with Gasteiger partial charge in [0.15, 0.2) is 0 Å². The van der Waals surface area contributed by atoms with E-state index in [-0.39, 0.29) is 12.4 Å². The van der Waals surface area contributed by atoms with Gasteiger partial charge in [-0.15, -0.1) is 12.4 Å². The van der Waals surface area contributed by atoms with Crippen molar-refractivity contribution in [3.63, 3.8) is 0 Å². The van der Waals surface area contributed by atoms with Crippen LogP contribution < -0.4 is 14.8 Å². The molecule has 1 aromatic carbocycles. The largest absolute Gasteiger partial charge is 0.497 e. The van der Waals surface area contributed by atoms with E-state index in [1.165, 1.54) is 18.4 Å². The summed E-state index contributed by atoms with van der Waals surface area (Å²) < 4.78 is 10.6. The molecule has 1 aliphatic heterocycles. The van der Waals surface area contributed by atoms with Gasteiger partial charge in [-0.1, -0.05) is 6.07 Å². The number of piperidine rings is 1. The lowest BCUT2D eigenvalue weighted by atomic mass is 9.90. The maximum absolute atomic E-state index is 5.43. The van der Waals surface area contributed by atoms with E-state index in [4.69, 9.17) is 9.47 Å². The van der Waals surface area contributed by atoms with Gasteiger partial charge in [0.05, 0.1) is 14.2 Å². The van der Waals surface area contributed by atoms with E-state index >= 15 is 0 Å². The highest BCUT2D eigenvalue weighted by atomic mass is 35.5. The molecule has 0 unspecified atom stereocenters. The molecule has 0 atom stereocenters. The molecule has 2 rings (SSSR count). The molecule has 1 saturated heterocycles. The Bertz CT molecular complexity index is 365. The van der Waals surface area contributed by atoms with Gasteiger partial charge in [0.2, 0.25) is 0 Å². The number of rotatable bonds is 4. The number of hydrogen-bond acceptors (Lipinski definition) is 3. The minimum Gasteiger partial charge on any atom is -0.497 e. The Morgan fingerprint density at radius 3 is 2.50 bits per heavy atom. The standard InChI is InChI=1S/C14H21NO2.ClH/c1-16-13-4-3-12(14(10-13)17-2)9-11-5-7-15-8-6-11;/h3-4,10-11,15H,5-9H2,1-2H3;1H. The molecule has 1 N–H and O–H groups in total. The molecule has 0 spiro atoms. The maximum atomic E-state index is 5.43. The van der Waals surface area contributed by atoms with Crippen molar-refractivity contribution in [3.05, 3.63) is 23.8 Å². The van der Waals surface area contributed by atoms with Crippen LogP contribution in [-0.4, -0.2) is 27.3 Å². The summed E-state index contributed by atoms with van der Waals surface area (Å²) in [4.78, 5) is 0. The molecular formula is C14H22ClNO2. The number of methoxy groups -OCH3 is 2. The molecule has 3 nitrogen and oxygen atoms in total. The molecule has 1 aliphatic rings. The Kier molecular flexibility index (Phi) is 6.30. The number of nitrogens with one attached hydrogen (secondary N) is 1. The fraction of sp³-hybridized carbons (Fsp3) is 0.571. The van der Waals surface area contributed by atoms with E-state index in [1.54, 1.807) is 14.2 Å². The summed E-state index contributed by atoms with van der Waals surface area (Å²) in [5, 5.41) is 3.40. The molecule has 1 heterocycles. The van der Waals surface area contributed by atoms with Gasteiger partial charge in [0.25, 0.3) is 0 Å². The number of halogens is 1. The Balaban J connectivity index is 0.00000162. The zero-order chi connectivity index (χ0) is 12.1. The molecule has 4 heteroatoms. The second-order valence-electron chi connectivity index (χ2n) is 4.58. The number of benzene rings is 1. The van der Waals surface area contributed by atoms with Gasteiger partial charge in [-0.25, -0.2) is 0 Å². The topological polar surface area (TPSA) is 30.5 Å². The molecule has 0 aliphatic carbocycles. The van der Waals surface area contributed by atoms with Crippen LogP contribution in [0, 0.1) is 5.92 Å². The van der Waals surface area contributed by atoms with Crippen LogP contribution in [0.1, 0.15) is 18.4 Å². The van der Waals surface area contributed by atoms with Gasteiger partial charge in [0, 0.05) is 6.07 Å². The van der Waals surface area contributed by atoms with Crippen LogP contribution in [0.25, 0.3) is 0 Å². The van der Waals surface area contributed by atoms with Crippen molar-refractivity contribution in [1.29, 1.82) is 0 Å². The van der Waals surface area contributed by atoms with Crippen molar-refractivity contribution in [2.75, 3.05) is 27.3 Å². The molecule has 0 aromatic heterocycles. The number of ether oxygens (including phenoxy) is 2. The second kappa shape index (κ2) is 7.49. The fourth-order valence-electron chi connectivity index (χ4n) is 2.42. The van der Waals surface area contributed by atoms with Crippen molar-refractivity contribution in [2.45, 2.75) is 19.3 Å². The van der Waals surface area contributed by atoms with Crippen LogP contribution in [0.15, 0.2) is 18.2 Å². The van der Waals surface area contributed by atoms with E-state index < -0.39 is 0 Å². The second-order valence-corrected chi connectivity index (χ2v) is 4.58. The van der Waals surface area contributed by atoms with E-state index in [9.17, 15) is 0 Å². The van der Waals surface area contributed by atoms with Crippen molar-refractivity contribution in [1.82, 2.24) is 5.32 Å². The lowest BCUT2D eigenvalue weighted by molar-refractivity contribution is 0.358. The van der Waals surface area contributed by atoms with Gasteiger partial charge in [-0.05, 0) is 49.9 Å². The lowest BCUT2D eigenvalue weighted by Gasteiger charge is -2.23. The quantitative estimate of drug-likeness (QED) is 0.913. The monoisotopic (exact) mass is 271 g/mol. The maximum Gasteiger partial charge on any atom is 0.125 e. The molecule has 0 saturated carbocycles. The Morgan fingerprint density at radius 1 is 1.17 bits per heavy atom. The van der Waals surface area contributed by atoms with Crippen LogP contribution in [0.2, 0.25) is 0 Å². The normalized spacial score (nSPS) is 15.9. The van der Waals surface area contributed by atoms with E-state index in [0.717, 1.165) is 36.9 Å². The zero-order valence-corrected chi connectivity index (χ0v) is 11.9. The minimum atomic E-state index is 0. The first-order valence-electron chi connectivity index (χ1n) is 6.25. The van der Waals surface area contributed by atoms with E-state index in [0.29, 0.717) is 0 Å². The predicted molar refractivity (Wildman–Crippen MR) is 76.1 cm³/mol. The first kappa shape index (κ1) is 15.1. The highest BCUT2D eigenvalue weighted by Crippen LogP contribution is 2.28. The van der Waals surface area contributed by atoms with Crippen molar-refractivity contribution in [3.8, 4) is 11.5 Å². The smallest absolute Gasteiger partial charge is 0.125 e. The summed E-state index contributed by atoms with van der Waals surface area (Å²) in [5.41, 5.74) is 1.29. The van der Waals surface area contributed by atoms with Gasteiger partial charge < -0.3 is 14.8 Å². The summed E-state index contributed by atoms with van der Waals surface area (Å²) in [7, 11) is 3.40. The zero-order valence-electron chi connectivity index (χ0n) is 11.1. The van der Waals surface area contributed by atoms with Gasteiger partial charge >= 0.3 is 0 Å². The molecule has 0 radical (unpaired) electrons. The van der Waals surface area contributed by atoms with Crippen LogP contribution in [-0.2, 0) is 6.42 Å². The molecule has 102 valence electrons. The number of hydrogen-bond donors (Lipinski definition) is 1. The minimum absolute atomic E-state index is 0.